The Kier molecular flexibility index (Phi) is 22.7. The van der Waals surface area contributed by atoms with Gasteiger partial charge in [0.15, 0.2) is 0 Å². The molecule has 0 saturated heterocycles. The monoisotopic (exact) mass is 620 g/mol. The molecule has 0 unspecified atom stereocenters. The van der Waals surface area contributed by atoms with Crippen molar-refractivity contribution >= 4 is 23.0 Å². The van der Waals surface area contributed by atoms with Crippen LogP contribution in [-0.4, -0.2) is 24.2 Å². The van der Waals surface area contributed by atoms with E-state index in [2.05, 4.69) is 53.2 Å². The molecule has 0 aliphatic heterocycles. The maximum atomic E-state index is 10.7. The third-order valence-electron chi connectivity index (χ3n) is 8.85. The summed E-state index contributed by atoms with van der Waals surface area (Å²) < 4.78 is 0. The Hall–Kier alpha value is -2.69. The summed E-state index contributed by atoms with van der Waals surface area (Å²) in [7, 11) is 0. The Morgan fingerprint density at radius 1 is 0.533 bits per heavy atom. The van der Waals surface area contributed by atoms with Crippen LogP contribution >= 0.6 is 0 Å². The normalized spacial score (nSPS) is 11.4. The molecule has 0 amide bonds. The molecule has 5 nitrogen and oxygen atoms in total. The number of hydrogen-bond donors (Lipinski definition) is 1. The highest BCUT2D eigenvalue weighted by Gasteiger charge is 2.07. The van der Waals surface area contributed by atoms with Crippen molar-refractivity contribution in [2.75, 3.05) is 18.0 Å². The van der Waals surface area contributed by atoms with Crippen LogP contribution in [0.1, 0.15) is 161 Å². The second kappa shape index (κ2) is 26.5. The fraction of sp³-hybridized carbons (Fsp3) is 0.675. The lowest BCUT2D eigenvalue weighted by Gasteiger charge is -2.25. The minimum Gasteiger partial charge on any atom is -0.481 e. The lowest BCUT2D eigenvalue weighted by atomic mass is 10.1. The van der Waals surface area contributed by atoms with E-state index in [0.29, 0.717) is 6.42 Å². The molecular formula is C40H65N3O2. The van der Waals surface area contributed by atoms with Gasteiger partial charge in [-0.2, -0.15) is 10.2 Å². The smallest absolute Gasteiger partial charge is 0.303 e. The number of azo groups is 1. The summed E-state index contributed by atoms with van der Waals surface area (Å²) in [5, 5.41) is 17.7. The summed E-state index contributed by atoms with van der Waals surface area (Å²) in [6, 6.07) is 16.5. The predicted molar refractivity (Wildman–Crippen MR) is 194 cm³/mol. The minimum atomic E-state index is -0.743. The van der Waals surface area contributed by atoms with Crippen molar-refractivity contribution in [3.05, 3.63) is 54.1 Å². The van der Waals surface area contributed by atoms with Gasteiger partial charge in [0.2, 0.25) is 0 Å². The van der Waals surface area contributed by atoms with Gasteiger partial charge in [-0.1, -0.05) is 142 Å². The summed E-state index contributed by atoms with van der Waals surface area (Å²) in [6.07, 6.45) is 29.0. The van der Waals surface area contributed by atoms with Crippen LogP contribution in [0.2, 0.25) is 0 Å². The first-order valence-electron chi connectivity index (χ1n) is 18.7. The van der Waals surface area contributed by atoms with Crippen molar-refractivity contribution in [3.63, 3.8) is 0 Å². The van der Waals surface area contributed by atoms with E-state index < -0.39 is 5.97 Å². The largest absolute Gasteiger partial charge is 0.481 e. The zero-order valence-corrected chi connectivity index (χ0v) is 29.0. The number of nitrogens with zero attached hydrogens (tertiary/aromatic N) is 3. The van der Waals surface area contributed by atoms with E-state index in [-0.39, 0.29) is 6.42 Å². The molecule has 2 rings (SSSR count). The van der Waals surface area contributed by atoms with E-state index in [1.165, 1.54) is 134 Å². The second-order valence-electron chi connectivity index (χ2n) is 13.0. The Labute approximate surface area is 276 Å². The third kappa shape index (κ3) is 20.1. The molecular weight excluding hydrogens is 554 g/mol. The summed E-state index contributed by atoms with van der Waals surface area (Å²) in [6.45, 7) is 6.84. The molecule has 0 saturated carbocycles. The topological polar surface area (TPSA) is 65.3 Å². The summed E-state index contributed by atoms with van der Waals surface area (Å²) >= 11 is 0. The molecule has 0 aromatic heterocycles. The quantitative estimate of drug-likeness (QED) is 0.0727. The van der Waals surface area contributed by atoms with Gasteiger partial charge in [-0.3, -0.25) is 4.79 Å². The van der Waals surface area contributed by atoms with Crippen LogP contribution in [0.25, 0.3) is 0 Å². The number of carbonyl (C=O) groups is 1. The maximum Gasteiger partial charge on any atom is 0.303 e. The zero-order valence-electron chi connectivity index (χ0n) is 29.0. The summed E-state index contributed by atoms with van der Waals surface area (Å²) in [5.74, 6) is -0.743. The number of carboxylic acids is 1. The van der Waals surface area contributed by atoms with Crippen LogP contribution in [0.15, 0.2) is 58.8 Å². The van der Waals surface area contributed by atoms with Crippen molar-refractivity contribution in [1.82, 2.24) is 0 Å². The summed E-state index contributed by atoms with van der Waals surface area (Å²) in [5.41, 5.74) is 4.10. The average Bonchev–Trinajstić information content (AvgIpc) is 3.05. The molecule has 45 heavy (non-hydrogen) atoms. The third-order valence-corrected chi connectivity index (χ3v) is 8.85. The van der Waals surface area contributed by atoms with Crippen molar-refractivity contribution in [2.24, 2.45) is 10.2 Å². The van der Waals surface area contributed by atoms with Crippen molar-refractivity contribution in [3.8, 4) is 0 Å². The van der Waals surface area contributed by atoms with Gasteiger partial charge >= 0.3 is 5.97 Å². The van der Waals surface area contributed by atoms with Crippen LogP contribution in [0.3, 0.4) is 0 Å². The van der Waals surface area contributed by atoms with E-state index in [4.69, 9.17) is 5.11 Å². The fourth-order valence-electron chi connectivity index (χ4n) is 5.97. The molecule has 5 heteroatoms. The van der Waals surface area contributed by atoms with E-state index >= 15 is 0 Å². The van der Waals surface area contributed by atoms with Gasteiger partial charge in [0.1, 0.15) is 0 Å². The van der Waals surface area contributed by atoms with Gasteiger partial charge in [0.05, 0.1) is 11.4 Å². The number of aliphatic carboxylic acids is 1. The molecule has 0 spiro atoms. The standard InChI is InChI=1S/C40H65N3O2/c1-3-5-7-9-11-13-15-17-19-21-34-43(35-22-20-18-16-14-12-10-8-6-4-2)39-32-30-38(31-33-39)42-41-37-28-26-36(27-29-37)24-23-25-40(44)45/h26-33H,3-25,34-35H2,1-2H3,(H,44,45). The number of hydrogen-bond acceptors (Lipinski definition) is 4. The molecule has 0 radical (unpaired) electrons. The number of anilines is 1. The van der Waals surface area contributed by atoms with Gasteiger partial charge in [-0.15, -0.1) is 0 Å². The SMILES string of the molecule is CCCCCCCCCCCCN(CCCCCCCCCCCC)c1ccc(N=Nc2ccc(CCCC(=O)O)cc2)cc1. The van der Waals surface area contributed by atoms with E-state index in [1.807, 2.05) is 24.3 Å². The molecule has 2 aromatic rings. The summed E-state index contributed by atoms with van der Waals surface area (Å²) in [4.78, 5) is 13.3. The Morgan fingerprint density at radius 2 is 0.911 bits per heavy atom. The number of rotatable bonds is 29. The van der Waals surface area contributed by atoms with Crippen LogP contribution in [0.4, 0.5) is 17.1 Å². The van der Waals surface area contributed by atoms with Crippen LogP contribution < -0.4 is 4.90 Å². The first-order valence-corrected chi connectivity index (χ1v) is 18.7. The van der Waals surface area contributed by atoms with Crippen molar-refractivity contribution < 1.29 is 9.90 Å². The predicted octanol–water partition coefficient (Wildman–Crippen LogP) is 13.2. The van der Waals surface area contributed by atoms with Gasteiger partial charge < -0.3 is 10.0 Å². The molecule has 0 bridgehead atoms. The second-order valence-corrected chi connectivity index (χ2v) is 13.0. The highest BCUT2D eigenvalue weighted by atomic mass is 16.4. The van der Waals surface area contributed by atoms with Gasteiger partial charge in [-0.25, -0.2) is 0 Å². The maximum absolute atomic E-state index is 10.7. The first kappa shape index (κ1) is 38.5. The lowest BCUT2D eigenvalue weighted by molar-refractivity contribution is -0.137. The van der Waals surface area contributed by atoms with Crippen LogP contribution in [0, 0.1) is 0 Å². The van der Waals surface area contributed by atoms with Crippen molar-refractivity contribution in [2.45, 2.75) is 162 Å². The first-order chi connectivity index (χ1) is 22.1. The van der Waals surface area contributed by atoms with Crippen LogP contribution in [0.5, 0.6) is 0 Å². The number of unbranched alkanes of at least 4 members (excludes halogenated alkanes) is 18. The van der Waals surface area contributed by atoms with Crippen LogP contribution in [-0.2, 0) is 11.2 Å². The molecule has 0 aliphatic rings. The highest BCUT2D eigenvalue weighted by Crippen LogP contribution is 2.24. The minimum absolute atomic E-state index is 0.202. The Balaban J connectivity index is 1.80. The van der Waals surface area contributed by atoms with Gasteiger partial charge in [0.25, 0.3) is 0 Å². The number of benzene rings is 2. The molecule has 0 fully saturated rings. The Morgan fingerprint density at radius 3 is 1.31 bits per heavy atom. The van der Waals surface area contributed by atoms with Gasteiger partial charge in [0, 0.05) is 25.2 Å². The van der Waals surface area contributed by atoms with Crippen molar-refractivity contribution in [1.29, 1.82) is 0 Å². The van der Waals surface area contributed by atoms with E-state index in [1.54, 1.807) is 0 Å². The number of aryl methyl sites for hydroxylation is 1. The molecule has 252 valence electrons. The Bertz CT molecular complexity index is 979. The molecule has 2 aromatic carbocycles. The zero-order chi connectivity index (χ0) is 32.2. The molecule has 0 heterocycles. The molecule has 0 aliphatic carbocycles. The van der Waals surface area contributed by atoms with Gasteiger partial charge in [-0.05, 0) is 67.6 Å². The fourth-order valence-corrected chi connectivity index (χ4v) is 5.97. The van der Waals surface area contributed by atoms with E-state index in [0.717, 1.165) is 36.4 Å². The number of carboxylic acid groups (broad SMARTS) is 1. The molecule has 0 atom stereocenters. The lowest BCUT2D eigenvalue weighted by Crippen LogP contribution is -2.25. The molecule has 1 N–H and O–H groups in total. The highest BCUT2D eigenvalue weighted by molar-refractivity contribution is 5.66. The average molecular weight is 620 g/mol. The van der Waals surface area contributed by atoms with E-state index in [9.17, 15) is 4.79 Å².